The minimum atomic E-state index is -2.77. The quantitative estimate of drug-likeness (QED) is 0.0330. The van der Waals surface area contributed by atoms with E-state index >= 15 is 17.6 Å². The monoisotopic (exact) mass is 1220 g/mol. The third kappa shape index (κ3) is 9.66. The zero-order valence-corrected chi connectivity index (χ0v) is 52.7. The molecule has 410 valence electrons. The summed E-state index contributed by atoms with van der Waals surface area (Å²) in [6.07, 6.45) is 18.0. The molecule has 2 atom stereocenters. The highest BCUT2D eigenvalue weighted by atomic mass is 32.1. The summed E-state index contributed by atoms with van der Waals surface area (Å²) in [5.41, 5.74) is 3.45. The largest absolute Gasteiger partial charge is 0.277 e. The Balaban J connectivity index is 0.936. The van der Waals surface area contributed by atoms with Gasteiger partial charge in [-0.15, -0.1) is 68.0 Å². The van der Waals surface area contributed by atoms with E-state index < -0.39 is 31.3 Å². The van der Waals surface area contributed by atoms with E-state index in [4.69, 9.17) is 8.75 Å². The van der Waals surface area contributed by atoms with E-state index in [1.54, 1.807) is 45.3 Å². The van der Waals surface area contributed by atoms with Crippen LogP contribution in [0.4, 0.5) is 17.6 Å². The zero-order chi connectivity index (χ0) is 54.1. The average Bonchev–Trinajstić information content (AvgIpc) is 3.82. The van der Waals surface area contributed by atoms with E-state index in [9.17, 15) is 0 Å². The van der Waals surface area contributed by atoms with Crippen LogP contribution in [0, 0.1) is 35.1 Å². The molecule has 0 N–H and O–H groups in total. The number of aromatic nitrogens is 4. The summed E-state index contributed by atoms with van der Waals surface area (Å²) in [4.78, 5) is 12.1. The molecule has 0 fully saturated rings. The van der Waals surface area contributed by atoms with Crippen LogP contribution >= 0.6 is 91.5 Å². The molecule has 0 radical (unpaired) electrons. The molecule has 2 aromatic carbocycles. The Labute approximate surface area is 494 Å². The van der Waals surface area contributed by atoms with Crippen LogP contribution in [-0.4, -0.2) is 16.8 Å². The zero-order valence-electron chi connectivity index (χ0n) is 45.1. The van der Waals surface area contributed by atoms with Gasteiger partial charge in [0.1, 0.15) is 21.2 Å². The van der Waals surface area contributed by atoms with Gasteiger partial charge in [0.25, 0.3) is 23.5 Å². The number of hydrogen-bond acceptors (Lipinski definition) is 10. The van der Waals surface area contributed by atoms with Gasteiger partial charge in [-0.2, -0.15) is 7.91 Å². The molecular formula is C62H64F4N4S8Si+2. The molecule has 1 spiro atoms. The van der Waals surface area contributed by atoms with Gasteiger partial charge in [-0.25, -0.2) is 17.6 Å². The second-order valence-electron chi connectivity index (χ2n) is 22.3. The minimum absolute atomic E-state index is 0.223. The molecule has 0 saturated heterocycles. The number of unbranched alkanes of at least 4 members (excludes halogenated alkanes) is 8. The first-order valence-corrected chi connectivity index (χ1v) is 37.5. The number of benzene rings is 2. The van der Waals surface area contributed by atoms with Gasteiger partial charge in [-0.05, 0) is 133 Å². The van der Waals surface area contributed by atoms with E-state index in [1.807, 2.05) is 12.1 Å². The van der Waals surface area contributed by atoms with Crippen LogP contribution in [0.2, 0.25) is 12.1 Å². The van der Waals surface area contributed by atoms with Gasteiger partial charge in [0.15, 0.2) is 23.3 Å². The number of aryl methyl sites for hydroxylation is 2. The lowest BCUT2D eigenvalue weighted by Gasteiger charge is -2.35. The summed E-state index contributed by atoms with van der Waals surface area (Å²) in [6.45, 7) is 10.3. The molecule has 4 bridgehead atoms. The van der Waals surface area contributed by atoms with Crippen LogP contribution in [0.1, 0.15) is 127 Å². The van der Waals surface area contributed by atoms with Crippen LogP contribution < -0.4 is 18.3 Å². The number of fused-ring (bicyclic) bond motifs is 5. The fraction of sp³-hybridized carbons (Fsp3) is 0.419. The average molecular weight is 1230 g/mol. The van der Waals surface area contributed by atoms with Crippen LogP contribution in [0.5, 0.6) is 0 Å². The van der Waals surface area contributed by atoms with Crippen molar-refractivity contribution in [3.05, 3.63) is 93.7 Å². The molecule has 0 amide bonds. The fourth-order valence-electron chi connectivity index (χ4n) is 13.1. The van der Waals surface area contributed by atoms with Crippen molar-refractivity contribution in [1.29, 1.82) is 0 Å². The summed E-state index contributed by atoms with van der Waals surface area (Å²) in [7, 11) is -2.77. The second-order valence-corrected chi connectivity index (χ2v) is 34.6. The number of thiophene rings is 6. The van der Waals surface area contributed by atoms with Gasteiger partial charge in [0.2, 0.25) is 22.1 Å². The fourth-order valence-corrected chi connectivity index (χ4v) is 29.4. The van der Waals surface area contributed by atoms with Gasteiger partial charge in [-0.3, -0.25) is 0 Å². The van der Waals surface area contributed by atoms with Crippen molar-refractivity contribution in [2.75, 3.05) is 0 Å². The first-order chi connectivity index (χ1) is 38.6. The van der Waals surface area contributed by atoms with Crippen molar-refractivity contribution in [3.63, 3.8) is 0 Å². The predicted molar refractivity (Wildman–Crippen MR) is 335 cm³/mol. The molecule has 0 saturated carbocycles. The lowest BCUT2D eigenvalue weighted by molar-refractivity contribution is -0.610. The Hall–Kier alpha value is -3.78. The third-order valence-electron chi connectivity index (χ3n) is 16.9. The SMILES string of the molecule is CCCCCCc1ccc(-c2ccc(-c3c(F)c(F)c4c5c3ns[n+]5CC(CCCC)C[Si]35CC(CCCC)C[n+]6snc7c(-c8ccc(-c9ccc(CCCCCC)s9)s8)c(F)c(F)c(c76)-c6cc3c(s6)-c3sc-4cc35)s2)s1. The Morgan fingerprint density at radius 3 is 1.27 bits per heavy atom. The summed E-state index contributed by atoms with van der Waals surface area (Å²) in [6, 6.07) is 23.3. The van der Waals surface area contributed by atoms with E-state index in [1.165, 1.54) is 118 Å². The molecule has 3 aliphatic rings. The maximum Gasteiger partial charge on any atom is 0.277 e. The van der Waals surface area contributed by atoms with Gasteiger partial charge in [0, 0.05) is 67.3 Å². The van der Waals surface area contributed by atoms with Crippen LogP contribution in [0.15, 0.2) is 60.7 Å². The summed E-state index contributed by atoms with van der Waals surface area (Å²) in [5, 5.41) is 2.62. The lowest BCUT2D eigenvalue weighted by atomic mass is 10.0. The normalized spacial score (nSPS) is 17.5. The lowest BCUT2D eigenvalue weighted by Crippen LogP contribution is -2.58. The highest BCUT2D eigenvalue weighted by molar-refractivity contribution is 7.32. The second kappa shape index (κ2) is 22.8. The number of nitrogens with zero attached hydrogens (tertiary/aromatic N) is 4. The third-order valence-corrected chi connectivity index (χ3v) is 31.6. The highest BCUT2D eigenvalue weighted by Gasteiger charge is 2.53. The Bertz CT molecular complexity index is 3630. The van der Waals surface area contributed by atoms with Crippen molar-refractivity contribution in [1.82, 2.24) is 8.75 Å². The first kappa shape index (κ1) is 54.5. The molecular weight excluding hydrogens is 1160 g/mol. The molecule has 11 heterocycles. The van der Waals surface area contributed by atoms with Crippen LogP contribution in [-0.2, 0) is 25.9 Å². The van der Waals surface area contributed by atoms with Gasteiger partial charge in [-0.1, -0.05) is 91.9 Å². The molecule has 4 nitrogen and oxygen atoms in total. The number of hydrogen-bond donors (Lipinski definition) is 0. The van der Waals surface area contributed by atoms with Crippen molar-refractivity contribution >= 4 is 132 Å². The van der Waals surface area contributed by atoms with Gasteiger partial charge >= 0.3 is 0 Å². The number of halogens is 4. The maximum absolute atomic E-state index is 17.8. The molecule has 0 aliphatic carbocycles. The van der Waals surface area contributed by atoms with Crippen LogP contribution in [0.25, 0.3) is 93.1 Å². The topological polar surface area (TPSA) is 33.5 Å². The number of rotatable bonds is 20. The molecule has 2 unspecified atom stereocenters. The Morgan fingerprint density at radius 1 is 0.443 bits per heavy atom. The smallest absolute Gasteiger partial charge is 0.203 e. The van der Waals surface area contributed by atoms with E-state index in [2.05, 4.69) is 84.1 Å². The molecule has 10 aromatic rings. The standard InChI is InChI=1S/C62H64F4N4S8Si/c1-5-9-13-15-19-37-21-23-39(71-37)41-25-27-43(73-41)49-53(63)55(65)51-45-29-47-61(75-45)62-48-30-46(76-62)52-56(66)54(64)50(44-28-26-42(74-44)40-24-22-38(72-40)20-16-14-10-6-2)58-60(52)70(78-68-58)32-36(18-12-8-4)34-79(47,48)33-35(17-11-7-3)31-69-59(51)57(49)67-77-69/h21-30,35-36H,5-20,31-34H2,1-4H3/q+2. The first-order valence-electron chi connectivity index (χ1n) is 28.7. The summed E-state index contributed by atoms with van der Waals surface area (Å²) >= 11 is 12.4. The highest BCUT2D eigenvalue weighted by Crippen LogP contribution is 2.54. The Morgan fingerprint density at radius 2 is 0.835 bits per heavy atom. The van der Waals surface area contributed by atoms with E-state index in [-0.39, 0.29) is 23.0 Å². The molecule has 8 aromatic heterocycles. The summed E-state index contributed by atoms with van der Waals surface area (Å²) < 4.78 is 84.9. The van der Waals surface area contributed by atoms with Crippen molar-refractivity contribution in [2.24, 2.45) is 11.8 Å². The van der Waals surface area contributed by atoms with Crippen molar-refractivity contribution in [2.45, 2.75) is 156 Å². The predicted octanol–water partition coefficient (Wildman–Crippen LogP) is 19.8. The molecule has 17 heteroatoms. The van der Waals surface area contributed by atoms with Gasteiger partial charge < -0.3 is 0 Å². The molecule has 13 rings (SSSR count). The van der Waals surface area contributed by atoms with Crippen molar-refractivity contribution < 1.29 is 25.5 Å². The molecule has 3 aliphatic heterocycles. The van der Waals surface area contributed by atoms with E-state index in [0.717, 1.165) is 102 Å². The summed E-state index contributed by atoms with van der Waals surface area (Å²) in [5.74, 6) is -2.92. The van der Waals surface area contributed by atoms with E-state index in [0.29, 0.717) is 56.0 Å². The Kier molecular flexibility index (Phi) is 15.7. The molecule has 79 heavy (non-hydrogen) atoms. The van der Waals surface area contributed by atoms with Crippen LogP contribution in [0.3, 0.4) is 0 Å². The maximum atomic E-state index is 17.8. The van der Waals surface area contributed by atoms with Gasteiger partial charge in [0.05, 0.1) is 22.3 Å². The van der Waals surface area contributed by atoms with Crippen molar-refractivity contribution in [3.8, 4) is 71.0 Å². The minimum Gasteiger partial charge on any atom is -0.203 e.